The molecule has 13 nitrogen and oxygen atoms in total. The van der Waals surface area contributed by atoms with E-state index in [4.69, 9.17) is 19.9 Å². The molecule has 1 amide bonds. The molecule has 2 aliphatic heterocycles. The van der Waals surface area contributed by atoms with Crippen LogP contribution in [0, 0.1) is 11.8 Å². The predicted molar refractivity (Wildman–Crippen MR) is 162 cm³/mol. The minimum absolute atomic E-state index is 0.00496. The summed E-state index contributed by atoms with van der Waals surface area (Å²) in [7, 11) is -4.11. The molecule has 5 N–H and O–H groups in total. The molecule has 2 aromatic carbocycles. The van der Waals surface area contributed by atoms with E-state index in [2.05, 4.69) is 10.4 Å². The smallest absolute Gasteiger partial charge is 0.407 e. The SMILES string of the molecule is CC(C)CN(C[C@@H](O)[C@H](Cc1ccccc1)NC(=O)OC1CO[C@H]2OCC[C@@H]12)S(=O)(=O)c1ccc2c(c1)c(N)nn2CCO. The fraction of sp³-hybridized carbons (Fsp3) is 0.533. The van der Waals surface area contributed by atoms with E-state index in [-0.39, 0.29) is 68.1 Å². The molecular formula is C30H41N5O8S. The monoisotopic (exact) mass is 631 g/mol. The molecule has 0 spiro atoms. The number of hydrogen-bond acceptors (Lipinski definition) is 10. The highest BCUT2D eigenvalue weighted by molar-refractivity contribution is 7.89. The number of nitrogen functional groups attached to an aromatic ring is 1. The molecule has 5 atom stereocenters. The van der Waals surface area contributed by atoms with Crippen LogP contribution in [0.5, 0.6) is 0 Å². The number of sulfonamides is 1. The van der Waals surface area contributed by atoms with Crippen molar-refractivity contribution in [2.75, 3.05) is 38.6 Å². The van der Waals surface area contributed by atoms with Crippen molar-refractivity contribution in [2.45, 2.75) is 62.7 Å². The molecule has 2 aliphatic rings. The number of carbonyl (C=O) groups excluding carboxylic acids is 1. The molecule has 2 saturated heterocycles. The Kier molecular flexibility index (Phi) is 10.1. The van der Waals surface area contributed by atoms with Gasteiger partial charge in [-0.25, -0.2) is 13.2 Å². The first kappa shape index (κ1) is 32.1. The Morgan fingerprint density at radius 2 is 1.98 bits per heavy atom. The molecule has 3 heterocycles. The van der Waals surface area contributed by atoms with Gasteiger partial charge in [0.25, 0.3) is 0 Å². The first-order valence-electron chi connectivity index (χ1n) is 14.9. The number of fused-ring (bicyclic) bond motifs is 2. The van der Waals surface area contributed by atoms with Crippen molar-refractivity contribution in [1.82, 2.24) is 19.4 Å². The zero-order valence-electron chi connectivity index (χ0n) is 24.9. The van der Waals surface area contributed by atoms with Crippen LogP contribution >= 0.6 is 0 Å². The number of alkyl carbamates (subject to hydrolysis) is 1. The minimum atomic E-state index is -4.11. The number of aliphatic hydroxyl groups excluding tert-OH is 2. The van der Waals surface area contributed by atoms with Crippen LogP contribution in [0.15, 0.2) is 53.4 Å². The molecule has 14 heteroatoms. The van der Waals surface area contributed by atoms with Gasteiger partial charge in [0.1, 0.15) is 6.10 Å². The largest absolute Gasteiger partial charge is 0.443 e. The summed E-state index contributed by atoms with van der Waals surface area (Å²) in [5.74, 6) is 0.0364. The molecule has 0 radical (unpaired) electrons. The van der Waals surface area contributed by atoms with Gasteiger partial charge in [-0.1, -0.05) is 44.2 Å². The van der Waals surface area contributed by atoms with E-state index >= 15 is 0 Å². The quantitative estimate of drug-likeness (QED) is 0.217. The van der Waals surface area contributed by atoms with E-state index < -0.39 is 34.4 Å². The maximum Gasteiger partial charge on any atom is 0.407 e. The van der Waals surface area contributed by atoms with Gasteiger partial charge >= 0.3 is 6.09 Å². The van der Waals surface area contributed by atoms with Crippen molar-refractivity contribution in [3.05, 3.63) is 54.1 Å². The molecule has 0 saturated carbocycles. The molecule has 44 heavy (non-hydrogen) atoms. The Labute approximate surface area is 256 Å². The number of nitrogens with two attached hydrogens (primary N) is 1. The highest BCUT2D eigenvalue weighted by Crippen LogP contribution is 2.33. The highest BCUT2D eigenvalue weighted by atomic mass is 32.2. The topological polar surface area (TPSA) is 178 Å². The van der Waals surface area contributed by atoms with Gasteiger partial charge in [-0.3, -0.25) is 4.68 Å². The van der Waals surface area contributed by atoms with Crippen LogP contribution in [0.3, 0.4) is 0 Å². The number of nitrogens with zero attached hydrogens (tertiary/aromatic N) is 3. The zero-order chi connectivity index (χ0) is 31.4. The van der Waals surface area contributed by atoms with Crippen molar-refractivity contribution < 1.29 is 37.6 Å². The minimum Gasteiger partial charge on any atom is -0.443 e. The molecule has 5 rings (SSSR count). The van der Waals surface area contributed by atoms with Crippen LogP contribution in [-0.4, -0.2) is 96.3 Å². The van der Waals surface area contributed by atoms with E-state index in [0.717, 1.165) is 12.0 Å². The van der Waals surface area contributed by atoms with E-state index in [1.165, 1.54) is 21.1 Å². The lowest BCUT2D eigenvalue weighted by Crippen LogP contribution is -2.51. The maximum atomic E-state index is 14.0. The van der Waals surface area contributed by atoms with Gasteiger partial charge in [-0.15, -0.1) is 0 Å². The summed E-state index contributed by atoms with van der Waals surface area (Å²) >= 11 is 0. The number of nitrogens with one attached hydrogen (secondary N) is 1. The summed E-state index contributed by atoms with van der Waals surface area (Å²) in [6.45, 7) is 4.45. The molecule has 240 valence electrons. The lowest BCUT2D eigenvalue weighted by molar-refractivity contribution is -0.0907. The van der Waals surface area contributed by atoms with Crippen LogP contribution < -0.4 is 11.1 Å². The number of amides is 1. The molecule has 2 fully saturated rings. The summed E-state index contributed by atoms with van der Waals surface area (Å²) in [5.41, 5.74) is 7.52. The Bertz CT molecular complexity index is 1530. The first-order chi connectivity index (χ1) is 21.1. The number of aromatic nitrogens is 2. The fourth-order valence-corrected chi connectivity index (χ4v) is 7.44. The lowest BCUT2D eigenvalue weighted by Gasteiger charge is -2.31. The van der Waals surface area contributed by atoms with Gasteiger partial charge in [-0.2, -0.15) is 9.40 Å². The van der Waals surface area contributed by atoms with Crippen LogP contribution in [-0.2, 0) is 37.2 Å². The predicted octanol–water partition coefficient (Wildman–Crippen LogP) is 1.72. The number of anilines is 1. The number of ether oxygens (including phenoxy) is 3. The normalized spacial score (nSPS) is 21.5. The molecular weight excluding hydrogens is 590 g/mol. The van der Waals surface area contributed by atoms with Crippen molar-refractivity contribution >= 4 is 32.8 Å². The average Bonchev–Trinajstić information content (AvgIpc) is 3.69. The van der Waals surface area contributed by atoms with Crippen LogP contribution in [0.2, 0.25) is 0 Å². The van der Waals surface area contributed by atoms with Crippen molar-refractivity contribution in [3.8, 4) is 0 Å². The van der Waals surface area contributed by atoms with Crippen LogP contribution in [0.25, 0.3) is 10.9 Å². The third-order valence-electron chi connectivity index (χ3n) is 7.97. The molecule has 1 unspecified atom stereocenters. The van der Waals surface area contributed by atoms with E-state index in [1.54, 1.807) is 6.07 Å². The highest BCUT2D eigenvalue weighted by Gasteiger charge is 2.44. The Morgan fingerprint density at radius 3 is 2.70 bits per heavy atom. The second-order valence-electron chi connectivity index (χ2n) is 11.7. The Hall–Kier alpha value is -3.27. The number of benzene rings is 2. The van der Waals surface area contributed by atoms with E-state index in [1.807, 2.05) is 44.2 Å². The summed E-state index contributed by atoms with van der Waals surface area (Å²) in [6.07, 6.45) is -1.88. The van der Waals surface area contributed by atoms with Crippen molar-refractivity contribution in [3.63, 3.8) is 0 Å². The van der Waals surface area contributed by atoms with E-state index in [9.17, 15) is 23.4 Å². The number of rotatable bonds is 13. The lowest BCUT2D eigenvalue weighted by atomic mass is 10.0. The van der Waals surface area contributed by atoms with Crippen LogP contribution in [0.4, 0.5) is 10.6 Å². The summed E-state index contributed by atoms with van der Waals surface area (Å²) < 4.78 is 47.5. The third kappa shape index (κ3) is 7.16. The molecule has 0 bridgehead atoms. The van der Waals surface area contributed by atoms with Crippen molar-refractivity contribution in [1.29, 1.82) is 0 Å². The Balaban J connectivity index is 1.37. The fourth-order valence-electron chi connectivity index (χ4n) is 5.79. The average molecular weight is 632 g/mol. The standard InChI is InChI=1S/C30H41N5O8S/c1-19(2)16-34(44(39,40)21-8-9-25-23(15-21)28(31)33-35(25)11-12-36)17-26(37)24(14-20-6-4-3-5-7-20)32-30(38)43-27-18-42-29-22(27)10-13-41-29/h3-9,15,19,22,24,26-27,29,36-37H,10-14,16-18H2,1-2H3,(H2,31,33)(H,32,38)/t22-,24-,26+,27?,29+/m0/s1. The van der Waals surface area contributed by atoms with Gasteiger partial charge in [0, 0.05) is 18.5 Å². The van der Waals surface area contributed by atoms with Gasteiger partial charge in [0.15, 0.2) is 12.1 Å². The summed E-state index contributed by atoms with van der Waals surface area (Å²) in [5, 5.41) is 28.3. The van der Waals surface area contributed by atoms with Crippen molar-refractivity contribution in [2.24, 2.45) is 11.8 Å². The second-order valence-corrected chi connectivity index (χ2v) is 13.6. The first-order valence-corrected chi connectivity index (χ1v) is 16.3. The van der Waals surface area contributed by atoms with Gasteiger partial charge in [-0.05, 0) is 42.5 Å². The van der Waals surface area contributed by atoms with Gasteiger partial charge < -0.3 is 35.5 Å². The van der Waals surface area contributed by atoms with Gasteiger partial charge in [0.05, 0.1) is 54.8 Å². The maximum absolute atomic E-state index is 14.0. The summed E-state index contributed by atoms with van der Waals surface area (Å²) in [4.78, 5) is 13.1. The second kappa shape index (κ2) is 13.8. The van der Waals surface area contributed by atoms with Gasteiger partial charge in [0.2, 0.25) is 10.0 Å². The number of hydrogen-bond donors (Lipinski definition) is 4. The third-order valence-corrected chi connectivity index (χ3v) is 9.80. The number of aliphatic hydroxyl groups is 2. The number of carbonyl (C=O) groups is 1. The molecule has 3 aromatic rings. The molecule has 1 aromatic heterocycles. The Morgan fingerprint density at radius 1 is 1.20 bits per heavy atom. The zero-order valence-corrected chi connectivity index (χ0v) is 25.7. The van der Waals surface area contributed by atoms with Crippen LogP contribution in [0.1, 0.15) is 25.8 Å². The van der Waals surface area contributed by atoms with E-state index in [0.29, 0.717) is 17.5 Å². The summed E-state index contributed by atoms with van der Waals surface area (Å²) in [6, 6.07) is 13.0. The molecule has 0 aliphatic carbocycles.